The van der Waals surface area contributed by atoms with Crippen LogP contribution in [0.25, 0.3) is 0 Å². The van der Waals surface area contributed by atoms with Gasteiger partial charge in [-0.2, -0.15) is 10.2 Å². The quantitative estimate of drug-likeness (QED) is 0.255. The molecule has 2 aliphatic heterocycles. The van der Waals surface area contributed by atoms with Gasteiger partial charge in [0.15, 0.2) is 5.82 Å². The van der Waals surface area contributed by atoms with Crippen LogP contribution in [0.5, 0.6) is 5.88 Å². The number of nitrogens with two attached hydrogens (primary N) is 1. The number of aromatic nitrogens is 2. The highest BCUT2D eigenvalue weighted by molar-refractivity contribution is 8.03. The summed E-state index contributed by atoms with van der Waals surface area (Å²) in [5.74, 6) is -0.181. The minimum absolute atomic E-state index is 0.0332. The lowest BCUT2D eigenvalue weighted by atomic mass is 9.78. The Morgan fingerprint density at radius 2 is 2.20 bits per heavy atom. The Kier molecular flexibility index (Phi) is 8.38. The second-order valence-electron chi connectivity index (χ2n) is 9.44. The van der Waals surface area contributed by atoms with Crippen molar-refractivity contribution < 1.29 is 9.84 Å². The van der Waals surface area contributed by atoms with Gasteiger partial charge in [-0.15, -0.1) is 11.8 Å². The van der Waals surface area contributed by atoms with E-state index >= 15 is 0 Å². The van der Waals surface area contributed by atoms with Gasteiger partial charge in [0, 0.05) is 23.6 Å². The minimum atomic E-state index is -0.435. The Hall–Kier alpha value is -2.12. The van der Waals surface area contributed by atoms with Crippen LogP contribution >= 0.6 is 23.4 Å². The molecule has 3 aliphatic rings. The van der Waals surface area contributed by atoms with E-state index in [1.807, 2.05) is 6.92 Å². The molecule has 4 rings (SSSR count). The molecular weight excluding hydrogens is 484 g/mol. The fourth-order valence-electron chi connectivity index (χ4n) is 5.24. The van der Waals surface area contributed by atoms with Gasteiger partial charge in [0.2, 0.25) is 5.88 Å². The summed E-state index contributed by atoms with van der Waals surface area (Å²) in [7, 11) is 2.08. The van der Waals surface area contributed by atoms with Crippen LogP contribution in [0.15, 0.2) is 27.9 Å². The van der Waals surface area contributed by atoms with Crippen LogP contribution in [0.4, 0.5) is 0 Å². The molecule has 10 heteroatoms. The number of halogens is 1. The molecule has 4 N–H and O–H groups in total. The molecule has 35 heavy (non-hydrogen) atoms. The zero-order valence-corrected chi connectivity index (χ0v) is 21.8. The maximum Gasteiger partial charge on any atom is 0.218 e. The number of aliphatic hydroxyl groups excluding tert-OH is 1. The van der Waals surface area contributed by atoms with Crippen LogP contribution in [0.1, 0.15) is 57.7 Å². The molecule has 0 amide bonds. The lowest BCUT2D eigenvalue weighted by Gasteiger charge is -2.27. The van der Waals surface area contributed by atoms with Crippen molar-refractivity contribution in [3.05, 3.63) is 38.9 Å². The van der Waals surface area contributed by atoms with E-state index in [0.717, 1.165) is 55.5 Å². The maximum atomic E-state index is 11.5. The first-order valence-electron chi connectivity index (χ1n) is 12.3. The van der Waals surface area contributed by atoms with Crippen molar-refractivity contribution in [3.63, 3.8) is 0 Å². The highest BCUT2D eigenvalue weighted by Gasteiger charge is 2.41. The van der Waals surface area contributed by atoms with Crippen LogP contribution in [0.3, 0.4) is 0 Å². The molecule has 0 spiro atoms. The standard InChI is InChI=1S/C25H33ClN6O2S/c1-3-6-16(23(33)15-8-4-9-18-21(15)17(12-27)24(29)35-18)22(28)25-30-19(26)11-20(31-25)34-13-14-7-5-10-32(14)2/h11,14-15,17,24,28,33H,3-10,13,29H2,1-2H3/b23-16-,28-22?/t14-,15-,17?,24?/m0/s1. The third-order valence-corrected chi connectivity index (χ3v) is 8.57. The van der Waals surface area contributed by atoms with Crippen molar-refractivity contribution in [1.29, 1.82) is 10.7 Å². The lowest BCUT2D eigenvalue weighted by Crippen LogP contribution is -2.30. The zero-order chi connectivity index (χ0) is 25.1. The van der Waals surface area contributed by atoms with E-state index in [0.29, 0.717) is 30.5 Å². The fourth-order valence-corrected chi connectivity index (χ4v) is 6.76. The number of nitriles is 1. The second-order valence-corrected chi connectivity index (χ2v) is 11.1. The first-order chi connectivity index (χ1) is 16.8. The van der Waals surface area contributed by atoms with Crippen molar-refractivity contribution >= 4 is 29.1 Å². The molecule has 188 valence electrons. The summed E-state index contributed by atoms with van der Waals surface area (Å²) in [6.07, 6.45) is 5.93. The molecular formula is C25H33ClN6O2S. The van der Waals surface area contributed by atoms with Gasteiger partial charge in [-0.25, -0.2) is 4.98 Å². The highest BCUT2D eigenvalue weighted by atomic mass is 35.5. The monoisotopic (exact) mass is 516 g/mol. The first kappa shape index (κ1) is 26.0. The highest BCUT2D eigenvalue weighted by Crippen LogP contribution is 2.51. The van der Waals surface area contributed by atoms with E-state index in [1.165, 1.54) is 11.8 Å². The number of nitrogens with one attached hydrogen (secondary N) is 1. The minimum Gasteiger partial charge on any atom is -0.511 e. The van der Waals surface area contributed by atoms with Gasteiger partial charge in [-0.1, -0.05) is 24.9 Å². The average Bonchev–Trinajstić information content (AvgIpc) is 3.40. The zero-order valence-electron chi connectivity index (χ0n) is 20.3. The molecule has 1 fully saturated rings. The molecule has 1 saturated heterocycles. The van der Waals surface area contributed by atoms with Gasteiger partial charge >= 0.3 is 0 Å². The average molecular weight is 517 g/mol. The molecule has 3 heterocycles. The van der Waals surface area contributed by atoms with E-state index in [1.54, 1.807) is 6.07 Å². The Morgan fingerprint density at radius 1 is 1.40 bits per heavy atom. The summed E-state index contributed by atoms with van der Waals surface area (Å²) in [6, 6.07) is 4.21. The molecule has 0 saturated carbocycles. The predicted octanol–water partition coefficient (Wildman–Crippen LogP) is 4.81. The van der Waals surface area contributed by atoms with Crippen molar-refractivity contribution in [2.75, 3.05) is 20.2 Å². The lowest BCUT2D eigenvalue weighted by molar-refractivity contribution is 0.193. The van der Waals surface area contributed by atoms with Gasteiger partial charge in [-0.05, 0) is 62.6 Å². The molecule has 8 nitrogen and oxygen atoms in total. The number of nitrogens with zero attached hydrogens (tertiary/aromatic N) is 4. The maximum absolute atomic E-state index is 11.5. The van der Waals surface area contributed by atoms with E-state index in [-0.39, 0.29) is 33.7 Å². The normalized spacial score (nSPS) is 27.4. The van der Waals surface area contributed by atoms with Gasteiger partial charge in [-0.3, -0.25) is 5.41 Å². The van der Waals surface area contributed by atoms with Crippen LogP contribution in [-0.2, 0) is 0 Å². The molecule has 0 aromatic carbocycles. The van der Waals surface area contributed by atoms with Crippen LogP contribution in [0, 0.1) is 28.6 Å². The molecule has 1 aromatic heterocycles. The summed E-state index contributed by atoms with van der Waals surface area (Å²) >= 11 is 7.82. The topological polar surface area (TPSA) is 132 Å². The Balaban J connectivity index is 1.62. The summed E-state index contributed by atoms with van der Waals surface area (Å²) in [5, 5.41) is 30.0. The first-order valence-corrected chi connectivity index (χ1v) is 13.5. The predicted molar refractivity (Wildman–Crippen MR) is 139 cm³/mol. The van der Waals surface area contributed by atoms with E-state index in [9.17, 15) is 10.4 Å². The van der Waals surface area contributed by atoms with Crippen LogP contribution < -0.4 is 10.5 Å². The number of hydrogen-bond acceptors (Lipinski definition) is 9. The molecule has 0 radical (unpaired) electrons. The van der Waals surface area contributed by atoms with Gasteiger partial charge in [0.25, 0.3) is 0 Å². The second kappa shape index (κ2) is 11.3. The number of ether oxygens (including phenoxy) is 1. The summed E-state index contributed by atoms with van der Waals surface area (Å²) in [5.41, 5.74) is 7.66. The van der Waals surface area contributed by atoms with E-state index in [2.05, 4.69) is 28.0 Å². The van der Waals surface area contributed by atoms with Crippen molar-refractivity contribution in [2.45, 2.75) is 63.3 Å². The van der Waals surface area contributed by atoms with Crippen LogP contribution in [-0.4, -0.2) is 57.3 Å². The Morgan fingerprint density at radius 3 is 2.89 bits per heavy atom. The largest absolute Gasteiger partial charge is 0.511 e. The Labute approximate surface area is 216 Å². The fraction of sp³-hybridized carbons (Fsp3) is 0.600. The molecule has 4 atom stereocenters. The molecule has 1 aliphatic carbocycles. The number of thioether (sulfide) groups is 1. The number of aliphatic hydroxyl groups is 1. The van der Waals surface area contributed by atoms with E-state index < -0.39 is 5.92 Å². The van der Waals surface area contributed by atoms with Crippen molar-refractivity contribution in [1.82, 2.24) is 14.9 Å². The summed E-state index contributed by atoms with van der Waals surface area (Å²) in [6.45, 7) is 3.54. The molecule has 0 bridgehead atoms. The van der Waals surface area contributed by atoms with Crippen molar-refractivity contribution in [2.24, 2.45) is 17.6 Å². The number of likely N-dealkylation sites (N-methyl/N-ethyl adjacent to an activating group) is 1. The molecule has 1 aromatic rings. The number of hydrogen-bond donors (Lipinski definition) is 3. The van der Waals surface area contributed by atoms with Gasteiger partial charge < -0.3 is 20.5 Å². The number of rotatable bonds is 8. The summed E-state index contributed by atoms with van der Waals surface area (Å²) in [4.78, 5) is 12.1. The van der Waals surface area contributed by atoms with Crippen LogP contribution in [0.2, 0.25) is 5.15 Å². The van der Waals surface area contributed by atoms with Crippen molar-refractivity contribution in [3.8, 4) is 11.9 Å². The Bertz CT molecular complexity index is 1080. The number of allylic oxidation sites excluding steroid dienone is 3. The van der Waals surface area contributed by atoms with Gasteiger partial charge in [0.1, 0.15) is 23.2 Å². The summed E-state index contributed by atoms with van der Waals surface area (Å²) < 4.78 is 5.93. The third kappa shape index (κ3) is 5.51. The SMILES string of the molecule is CCC/C(C(=N)c1nc(Cl)cc(OC[C@@H]2CCCN2C)n1)=C(/O)[C@H]1CCCC2=C1C(C#N)C(N)S2. The smallest absolute Gasteiger partial charge is 0.218 e. The van der Waals surface area contributed by atoms with Gasteiger partial charge in [0.05, 0.1) is 17.4 Å². The molecule has 2 unspecified atom stereocenters. The van der Waals surface area contributed by atoms with E-state index in [4.69, 9.17) is 27.5 Å². The third-order valence-electron chi connectivity index (χ3n) is 7.11. The number of likely N-dealkylation sites (tertiary alicyclic amines) is 1.